The normalized spacial score (nSPS) is 16.7. The van der Waals surface area contributed by atoms with Crippen LogP contribution in [0.4, 0.5) is 0 Å². The van der Waals surface area contributed by atoms with Crippen LogP contribution in [0.3, 0.4) is 0 Å². The van der Waals surface area contributed by atoms with E-state index in [1.165, 1.54) is 12.8 Å². The number of likely N-dealkylation sites (N-methyl/N-ethyl adjacent to an activating group) is 1. The summed E-state index contributed by atoms with van der Waals surface area (Å²) in [5, 5.41) is 0. The fraction of sp³-hybridized carbons (Fsp3) is 0.533. The average molecular weight is 283 g/mol. The SMILES string of the molecule is CN(C(=O)C(CN)c1ccccc1)C1CCCC1.Cl. The van der Waals surface area contributed by atoms with Crippen molar-refractivity contribution in [2.75, 3.05) is 13.6 Å². The number of carbonyl (C=O) groups excluding carboxylic acids is 1. The number of benzene rings is 1. The zero-order chi connectivity index (χ0) is 13.0. The van der Waals surface area contributed by atoms with Crippen LogP contribution in [0.2, 0.25) is 0 Å². The lowest BCUT2D eigenvalue weighted by Gasteiger charge is -2.28. The first-order valence-corrected chi connectivity index (χ1v) is 6.75. The molecule has 1 atom stereocenters. The average Bonchev–Trinajstić information content (AvgIpc) is 2.94. The lowest BCUT2D eigenvalue weighted by Crippen LogP contribution is -2.40. The molecule has 4 heteroatoms. The van der Waals surface area contributed by atoms with Gasteiger partial charge in [-0.15, -0.1) is 12.4 Å². The Kier molecular flexibility index (Phi) is 6.32. The molecule has 0 spiro atoms. The van der Waals surface area contributed by atoms with Crippen molar-refractivity contribution in [3.8, 4) is 0 Å². The maximum Gasteiger partial charge on any atom is 0.231 e. The maximum absolute atomic E-state index is 12.5. The molecule has 2 N–H and O–H groups in total. The van der Waals surface area contributed by atoms with Gasteiger partial charge in [0.15, 0.2) is 0 Å². The first-order valence-electron chi connectivity index (χ1n) is 6.75. The highest BCUT2D eigenvalue weighted by molar-refractivity contribution is 5.85. The second kappa shape index (κ2) is 7.51. The molecule has 1 fully saturated rings. The summed E-state index contributed by atoms with van der Waals surface area (Å²) in [5.41, 5.74) is 6.82. The Balaban J connectivity index is 0.00000180. The van der Waals surface area contributed by atoms with E-state index >= 15 is 0 Å². The number of hydrogen-bond donors (Lipinski definition) is 1. The largest absolute Gasteiger partial charge is 0.342 e. The Morgan fingerprint density at radius 1 is 1.32 bits per heavy atom. The summed E-state index contributed by atoms with van der Waals surface area (Å²) in [7, 11) is 1.92. The van der Waals surface area contributed by atoms with Crippen molar-refractivity contribution in [1.82, 2.24) is 4.90 Å². The molecule has 1 aliphatic carbocycles. The highest BCUT2D eigenvalue weighted by atomic mass is 35.5. The third-order valence-electron chi connectivity index (χ3n) is 3.96. The second-order valence-corrected chi connectivity index (χ2v) is 5.09. The number of nitrogens with two attached hydrogens (primary N) is 1. The highest BCUT2D eigenvalue weighted by Gasteiger charge is 2.28. The Morgan fingerprint density at radius 2 is 1.89 bits per heavy atom. The Hall–Kier alpha value is -1.06. The molecule has 1 aliphatic rings. The van der Waals surface area contributed by atoms with E-state index in [2.05, 4.69) is 0 Å². The molecule has 1 aromatic rings. The highest BCUT2D eigenvalue weighted by Crippen LogP contribution is 2.25. The van der Waals surface area contributed by atoms with Gasteiger partial charge in [-0.2, -0.15) is 0 Å². The molecule has 0 radical (unpaired) electrons. The minimum Gasteiger partial charge on any atom is -0.342 e. The Bertz CT molecular complexity index is 390. The molecule has 0 bridgehead atoms. The number of rotatable bonds is 4. The van der Waals surface area contributed by atoms with E-state index in [1.54, 1.807) is 0 Å². The standard InChI is InChI=1S/C15H22N2O.ClH/c1-17(13-9-5-6-10-13)15(18)14(11-16)12-7-3-2-4-8-12;/h2-4,7-8,13-14H,5-6,9-11,16H2,1H3;1H. The van der Waals surface area contributed by atoms with Gasteiger partial charge < -0.3 is 10.6 Å². The zero-order valence-corrected chi connectivity index (χ0v) is 12.2. The topological polar surface area (TPSA) is 46.3 Å². The summed E-state index contributed by atoms with van der Waals surface area (Å²) < 4.78 is 0. The van der Waals surface area contributed by atoms with Crippen LogP contribution in [0.25, 0.3) is 0 Å². The lowest BCUT2D eigenvalue weighted by molar-refractivity contribution is -0.133. The van der Waals surface area contributed by atoms with Gasteiger partial charge in [0.2, 0.25) is 5.91 Å². The van der Waals surface area contributed by atoms with Crippen LogP contribution in [-0.2, 0) is 4.79 Å². The van der Waals surface area contributed by atoms with Gasteiger partial charge in [-0.3, -0.25) is 4.79 Å². The van der Waals surface area contributed by atoms with Gasteiger partial charge in [-0.25, -0.2) is 0 Å². The molecule has 1 aromatic carbocycles. The molecule has 3 nitrogen and oxygen atoms in total. The van der Waals surface area contributed by atoms with E-state index in [0.29, 0.717) is 12.6 Å². The van der Waals surface area contributed by atoms with Crippen LogP contribution in [0.5, 0.6) is 0 Å². The van der Waals surface area contributed by atoms with Crippen molar-refractivity contribution < 1.29 is 4.79 Å². The molecule has 0 heterocycles. The van der Waals surface area contributed by atoms with E-state index in [0.717, 1.165) is 18.4 Å². The summed E-state index contributed by atoms with van der Waals surface area (Å²) in [6.07, 6.45) is 4.74. The molecule has 1 unspecified atom stereocenters. The lowest BCUT2D eigenvalue weighted by atomic mass is 9.97. The van der Waals surface area contributed by atoms with Crippen molar-refractivity contribution in [2.24, 2.45) is 5.73 Å². The molecule has 0 aromatic heterocycles. The van der Waals surface area contributed by atoms with Crippen LogP contribution in [-0.4, -0.2) is 30.4 Å². The van der Waals surface area contributed by atoms with Crippen molar-refractivity contribution in [3.05, 3.63) is 35.9 Å². The summed E-state index contributed by atoms with van der Waals surface area (Å²) >= 11 is 0. The van der Waals surface area contributed by atoms with Gasteiger partial charge in [-0.1, -0.05) is 43.2 Å². The quantitative estimate of drug-likeness (QED) is 0.922. The van der Waals surface area contributed by atoms with Gasteiger partial charge in [0.05, 0.1) is 5.92 Å². The van der Waals surface area contributed by atoms with Gasteiger partial charge in [0.1, 0.15) is 0 Å². The van der Waals surface area contributed by atoms with Crippen molar-refractivity contribution in [3.63, 3.8) is 0 Å². The number of nitrogens with zero attached hydrogens (tertiary/aromatic N) is 1. The molecule has 19 heavy (non-hydrogen) atoms. The van der Waals surface area contributed by atoms with E-state index in [-0.39, 0.29) is 24.2 Å². The molecule has 0 aliphatic heterocycles. The van der Waals surface area contributed by atoms with Crippen LogP contribution in [0.15, 0.2) is 30.3 Å². The van der Waals surface area contributed by atoms with Gasteiger partial charge in [-0.05, 0) is 18.4 Å². The first-order chi connectivity index (χ1) is 8.74. The fourth-order valence-corrected chi connectivity index (χ4v) is 2.78. The monoisotopic (exact) mass is 282 g/mol. The first kappa shape index (κ1) is 16.0. The maximum atomic E-state index is 12.5. The van der Waals surface area contributed by atoms with Crippen LogP contribution < -0.4 is 5.73 Å². The molecular weight excluding hydrogens is 260 g/mol. The van der Waals surface area contributed by atoms with E-state index in [1.807, 2.05) is 42.3 Å². The van der Waals surface area contributed by atoms with Gasteiger partial charge >= 0.3 is 0 Å². The van der Waals surface area contributed by atoms with E-state index < -0.39 is 0 Å². The van der Waals surface area contributed by atoms with Crippen molar-refractivity contribution in [1.29, 1.82) is 0 Å². The third kappa shape index (κ3) is 3.71. The van der Waals surface area contributed by atoms with Crippen molar-refractivity contribution in [2.45, 2.75) is 37.6 Å². The van der Waals surface area contributed by atoms with E-state index in [4.69, 9.17) is 5.73 Å². The molecule has 2 rings (SSSR count). The fourth-order valence-electron chi connectivity index (χ4n) is 2.78. The third-order valence-corrected chi connectivity index (χ3v) is 3.96. The Labute approximate surface area is 121 Å². The number of carbonyl (C=O) groups is 1. The number of hydrogen-bond acceptors (Lipinski definition) is 2. The second-order valence-electron chi connectivity index (χ2n) is 5.09. The number of halogens is 1. The summed E-state index contributed by atoms with van der Waals surface area (Å²) in [5.74, 6) is -0.0348. The van der Waals surface area contributed by atoms with Crippen LogP contribution >= 0.6 is 12.4 Å². The van der Waals surface area contributed by atoms with Gasteiger partial charge in [0.25, 0.3) is 0 Å². The van der Waals surface area contributed by atoms with E-state index in [9.17, 15) is 4.79 Å². The summed E-state index contributed by atoms with van der Waals surface area (Å²) in [6.45, 7) is 0.375. The minimum absolute atomic E-state index is 0. The van der Waals surface area contributed by atoms with Crippen LogP contribution in [0.1, 0.15) is 37.2 Å². The van der Waals surface area contributed by atoms with Gasteiger partial charge in [0, 0.05) is 19.6 Å². The number of amides is 1. The minimum atomic E-state index is -0.197. The zero-order valence-electron chi connectivity index (χ0n) is 11.4. The van der Waals surface area contributed by atoms with Crippen LogP contribution in [0, 0.1) is 0 Å². The summed E-state index contributed by atoms with van der Waals surface area (Å²) in [4.78, 5) is 14.4. The van der Waals surface area contributed by atoms with Crippen molar-refractivity contribution >= 4 is 18.3 Å². The molecule has 106 valence electrons. The Morgan fingerprint density at radius 3 is 2.42 bits per heavy atom. The predicted octanol–water partition coefficient (Wildman–Crippen LogP) is 2.55. The molecule has 0 saturated heterocycles. The predicted molar refractivity (Wildman–Crippen MR) is 80.5 cm³/mol. The molecule has 1 amide bonds. The summed E-state index contributed by atoms with van der Waals surface area (Å²) in [6, 6.07) is 10.3. The smallest absolute Gasteiger partial charge is 0.231 e. The molecular formula is C15H23ClN2O. The molecule has 1 saturated carbocycles.